The van der Waals surface area contributed by atoms with Crippen molar-refractivity contribution in [3.63, 3.8) is 0 Å². The Morgan fingerprint density at radius 1 is 1.17 bits per heavy atom. The third-order valence-corrected chi connectivity index (χ3v) is 7.06. The van der Waals surface area contributed by atoms with Crippen molar-refractivity contribution in [1.29, 1.82) is 0 Å². The second kappa shape index (κ2) is 8.58. The molecular formula is C19H28N2O2S. The molecule has 2 aromatic rings. The number of unbranched alkanes of at least 4 members (excludes halogenated alkanes) is 1. The average Bonchev–Trinajstić information content (AvgIpc) is 2.58. The van der Waals surface area contributed by atoms with Gasteiger partial charge in [-0.15, -0.1) is 0 Å². The van der Waals surface area contributed by atoms with Gasteiger partial charge in [-0.1, -0.05) is 33.3 Å². The van der Waals surface area contributed by atoms with Crippen molar-refractivity contribution in [2.24, 2.45) is 5.92 Å². The largest absolute Gasteiger partial charge is 0.316 e. The van der Waals surface area contributed by atoms with Gasteiger partial charge in [0.15, 0.2) is 9.84 Å². The number of rotatable bonds is 9. The van der Waals surface area contributed by atoms with E-state index in [1.54, 1.807) is 24.5 Å². The number of sulfone groups is 1. The van der Waals surface area contributed by atoms with Crippen LogP contribution in [-0.4, -0.2) is 31.7 Å². The SMILES string of the molecule is CCCCNC[C@@H](C)C(CC)S(=O)(=O)c1ccc2cnccc2c1. The van der Waals surface area contributed by atoms with Crippen LogP contribution < -0.4 is 5.32 Å². The fourth-order valence-electron chi connectivity index (χ4n) is 3.10. The molecule has 4 nitrogen and oxygen atoms in total. The molecular weight excluding hydrogens is 320 g/mol. The van der Waals surface area contributed by atoms with Crippen LogP contribution in [0.1, 0.15) is 40.0 Å². The first kappa shape index (κ1) is 18.9. The molecule has 1 unspecified atom stereocenters. The Balaban J connectivity index is 2.21. The zero-order valence-corrected chi connectivity index (χ0v) is 15.6. The lowest BCUT2D eigenvalue weighted by Gasteiger charge is -2.23. The Morgan fingerprint density at radius 2 is 1.96 bits per heavy atom. The maximum absolute atomic E-state index is 13.1. The first-order valence-corrected chi connectivity index (χ1v) is 10.3. The van der Waals surface area contributed by atoms with Crippen LogP contribution in [0.2, 0.25) is 0 Å². The van der Waals surface area contributed by atoms with Crippen LogP contribution in [0.5, 0.6) is 0 Å². The molecule has 0 saturated heterocycles. The zero-order valence-electron chi connectivity index (χ0n) is 14.8. The fraction of sp³-hybridized carbons (Fsp3) is 0.526. The predicted octanol–water partition coefficient (Wildman–Crippen LogP) is 3.81. The number of hydrogen-bond donors (Lipinski definition) is 1. The number of pyridine rings is 1. The minimum absolute atomic E-state index is 0.0741. The lowest BCUT2D eigenvalue weighted by molar-refractivity contribution is 0.459. The third-order valence-electron chi connectivity index (χ3n) is 4.55. The monoisotopic (exact) mass is 348 g/mol. The van der Waals surface area contributed by atoms with Crippen LogP contribution in [0.4, 0.5) is 0 Å². The van der Waals surface area contributed by atoms with Gasteiger partial charge in [0, 0.05) is 17.8 Å². The molecule has 0 bridgehead atoms. The molecule has 0 aliphatic carbocycles. The smallest absolute Gasteiger partial charge is 0.181 e. The Hall–Kier alpha value is -1.46. The number of hydrogen-bond acceptors (Lipinski definition) is 4. The van der Waals surface area contributed by atoms with Gasteiger partial charge < -0.3 is 5.32 Å². The standard InChI is InChI=1S/C19H28N2O2S/c1-4-6-10-20-13-15(3)19(5-2)24(22,23)18-8-7-17-14-21-11-9-16(17)12-18/h7-9,11-12,14-15,19-20H,4-6,10,13H2,1-3H3/t15-,19?/m1/s1. The highest BCUT2D eigenvalue weighted by Crippen LogP contribution is 2.26. The number of benzene rings is 1. The molecule has 1 aromatic carbocycles. The van der Waals surface area contributed by atoms with E-state index in [0.29, 0.717) is 11.3 Å². The van der Waals surface area contributed by atoms with Gasteiger partial charge in [0.2, 0.25) is 0 Å². The van der Waals surface area contributed by atoms with Crippen LogP contribution in [-0.2, 0) is 9.84 Å². The van der Waals surface area contributed by atoms with Gasteiger partial charge in [0.05, 0.1) is 10.1 Å². The molecule has 1 heterocycles. The molecule has 2 atom stereocenters. The van der Waals surface area contributed by atoms with Gasteiger partial charge in [-0.2, -0.15) is 0 Å². The highest BCUT2D eigenvalue weighted by atomic mass is 32.2. The molecule has 0 aliphatic rings. The summed E-state index contributed by atoms with van der Waals surface area (Å²) in [6.07, 6.45) is 6.32. The molecule has 24 heavy (non-hydrogen) atoms. The van der Waals surface area contributed by atoms with Crippen LogP contribution in [0.3, 0.4) is 0 Å². The minimum atomic E-state index is -3.34. The van der Waals surface area contributed by atoms with E-state index in [1.807, 2.05) is 26.0 Å². The summed E-state index contributed by atoms with van der Waals surface area (Å²) in [5.41, 5.74) is 0. The number of nitrogens with one attached hydrogen (secondary N) is 1. The second-order valence-electron chi connectivity index (χ2n) is 6.41. The zero-order chi connectivity index (χ0) is 17.6. The molecule has 1 aromatic heterocycles. The summed E-state index contributed by atoms with van der Waals surface area (Å²) < 4.78 is 26.2. The van der Waals surface area contributed by atoms with E-state index in [2.05, 4.69) is 17.2 Å². The summed E-state index contributed by atoms with van der Waals surface area (Å²) >= 11 is 0. The van der Waals surface area contributed by atoms with E-state index in [9.17, 15) is 8.42 Å². The maximum atomic E-state index is 13.1. The van der Waals surface area contributed by atoms with Crippen LogP contribution in [0.15, 0.2) is 41.6 Å². The summed E-state index contributed by atoms with van der Waals surface area (Å²) in [5, 5.41) is 4.88. The van der Waals surface area contributed by atoms with E-state index in [0.717, 1.165) is 36.7 Å². The molecule has 132 valence electrons. The van der Waals surface area contributed by atoms with Gasteiger partial charge in [-0.05, 0) is 55.4 Å². The van der Waals surface area contributed by atoms with Crippen molar-refractivity contribution in [3.05, 3.63) is 36.7 Å². The summed E-state index contributed by atoms with van der Waals surface area (Å²) in [7, 11) is -3.34. The average molecular weight is 349 g/mol. The van der Waals surface area contributed by atoms with Crippen LogP contribution in [0, 0.1) is 5.92 Å². The van der Waals surface area contributed by atoms with Gasteiger partial charge in [-0.25, -0.2) is 8.42 Å². The molecule has 0 aliphatic heterocycles. The quantitative estimate of drug-likeness (QED) is 0.700. The van der Waals surface area contributed by atoms with Crippen molar-refractivity contribution in [3.8, 4) is 0 Å². The van der Waals surface area contributed by atoms with E-state index < -0.39 is 9.84 Å². The summed E-state index contributed by atoms with van der Waals surface area (Å²) in [6.45, 7) is 7.81. The molecule has 0 saturated carbocycles. The van der Waals surface area contributed by atoms with Gasteiger partial charge in [0.1, 0.15) is 0 Å². The Morgan fingerprint density at radius 3 is 2.67 bits per heavy atom. The number of aromatic nitrogens is 1. The fourth-order valence-corrected chi connectivity index (χ4v) is 5.15. The van der Waals surface area contributed by atoms with E-state index in [4.69, 9.17) is 0 Å². The summed E-state index contributed by atoms with van der Waals surface area (Å²) in [4.78, 5) is 4.49. The highest BCUT2D eigenvalue weighted by molar-refractivity contribution is 7.92. The molecule has 0 radical (unpaired) electrons. The Labute approximate surface area is 145 Å². The first-order chi connectivity index (χ1) is 11.5. The third kappa shape index (κ3) is 4.33. The van der Waals surface area contributed by atoms with Crippen LogP contribution in [0.25, 0.3) is 10.8 Å². The van der Waals surface area contributed by atoms with Gasteiger partial charge in [-0.3, -0.25) is 4.98 Å². The molecule has 1 N–H and O–H groups in total. The van der Waals surface area contributed by atoms with E-state index >= 15 is 0 Å². The lowest BCUT2D eigenvalue weighted by Crippen LogP contribution is -2.35. The minimum Gasteiger partial charge on any atom is -0.316 e. The van der Waals surface area contributed by atoms with Gasteiger partial charge in [0.25, 0.3) is 0 Å². The maximum Gasteiger partial charge on any atom is 0.181 e. The van der Waals surface area contributed by atoms with Crippen molar-refractivity contribution >= 4 is 20.6 Å². The summed E-state index contributed by atoms with van der Waals surface area (Å²) in [5.74, 6) is 0.0741. The van der Waals surface area contributed by atoms with Crippen molar-refractivity contribution in [1.82, 2.24) is 10.3 Å². The Bertz CT molecular complexity index is 759. The molecule has 0 amide bonds. The Kier molecular flexibility index (Phi) is 6.75. The molecule has 5 heteroatoms. The molecule has 0 spiro atoms. The normalized spacial score (nSPS) is 14.6. The predicted molar refractivity (Wildman–Crippen MR) is 99.9 cm³/mol. The van der Waals surface area contributed by atoms with Crippen LogP contribution >= 0.6 is 0 Å². The second-order valence-corrected chi connectivity index (χ2v) is 8.58. The van der Waals surface area contributed by atoms with Crippen molar-refractivity contribution in [2.45, 2.75) is 50.2 Å². The molecule has 0 fully saturated rings. The van der Waals surface area contributed by atoms with Crippen molar-refractivity contribution < 1.29 is 8.42 Å². The van der Waals surface area contributed by atoms with E-state index in [-0.39, 0.29) is 11.2 Å². The van der Waals surface area contributed by atoms with E-state index in [1.165, 1.54) is 0 Å². The molecule has 2 rings (SSSR count). The number of fused-ring (bicyclic) bond motifs is 1. The van der Waals surface area contributed by atoms with Crippen molar-refractivity contribution in [2.75, 3.05) is 13.1 Å². The first-order valence-electron chi connectivity index (χ1n) is 8.79. The number of nitrogens with zero attached hydrogens (tertiary/aromatic N) is 1. The highest BCUT2D eigenvalue weighted by Gasteiger charge is 2.30. The van der Waals surface area contributed by atoms with Gasteiger partial charge >= 0.3 is 0 Å². The topological polar surface area (TPSA) is 59.1 Å². The summed E-state index contributed by atoms with van der Waals surface area (Å²) in [6, 6.07) is 7.17. The lowest BCUT2D eigenvalue weighted by atomic mass is 10.1.